The lowest BCUT2D eigenvalue weighted by Crippen LogP contribution is -2.24. The van der Waals surface area contributed by atoms with E-state index in [4.69, 9.17) is 0 Å². The van der Waals surface area contributed by atoms with E-state index < -0.39 is 0 Å². The van der Waals surface area contributed by atoms with E-state index in [1.165, 1.54) is 17.7 Å². The Morgan fingerprint density at radius 3 is 2.47 bits per heavy atom. The molecule has 0 N–H and O–H groups in total. The van der Waals surface area contributed by atoms with E-state index in [0.29, 0.717) is 0 Å². The van der Waals surface area contributed by atoms with Gasteiger partial charge in [-0.1, -0.05) is 35.0 Å². The van der Waals surface area contributed by atoms with Crippen molar-refractivity contribution in [1.29, 1.82) is 0 Å². The number of alkyl halides is 1. The van der Waals surface area contributed by atoms with Crippen molar-refractivity contribution in [2.75, 3.05) is 18.4 Å². The van der Waals surface area contributed by atoms with Crippen molar-refractivity contribution in [3.63, 3.8) is 0 Å². The molecule has 1 aromatic carbocycles. The van der Waals surface area contributed by atoms with Crippen molar-refractivity contribution in [3.05, 3.63) is 35.6 Å². The first-order valence-corrected chi connectivity index (χ1v) is 6.41. The van der Waals surface area contributed by atoms with Crippen LogP contribution in [-0.4, -0.2) is 23.3 Å². The van der Waals surface area contributed by atoms with Gasteiger partial charge in [0.2, 0.25) is 0 Å². The van der Waals surface area contributed by atoms with Crippen molar-refractivity contribution in [2.45, 2.75) is 19.9 Å². The summed E-state index contributed by atoms with van der Waals surface area (Å²) in [6.45, 7) is 5.17. The third-order valence-corrected chi connectivity index (χ3v) is 2.94. The molecule has 0 spiro atoms. The summed E-state index contributed by atoms with van der Waals surface area (Å²) >= 11 is 3.43. The molecule has 3 heteroatoms. The van der Waals surface area contributed by atoms with E-state index in [1.54, 1.807) is 0 Å². The van der Waals surface area contributed by atoms with Crippen LogP contribution < -0.4 is 0 Å². The number of rotatable bonds is 6. The molecule has 84 valence electrons. The fraction of sp³-hybridized carbons (Fsp3) is 0.500. The van der Waals surface area contributed by atoms with E-state index in [-0.39, 0.29) is 5.82 Å². The molecule has 0 aliphatic heterocycles. The molecule has 0 unspecified atom stereocenters. The van der Waals surface area contributed by atoms with Crippen LogP contribution in [0.2, 0.25) is 0 Å². The van der Waals surface area contributed by atoms with E-state index in [1.807, 2.05) is 12.1 Å². The molecule has 0 saturated heterocycles. The van der Waals surface area contributed by atoms with Crippen LogP contribution in [0.1, 0.15) is 18.9 Å². The van der Waals surface area contributed by atoms with Gasteiger partial charge in [-0.25, -0.2) is 4.39 Å². The lowest BCUT2D eigenvalue weighted by molar-refractivity contribution is 0.281. The fourth-order valence-electron chi connectivity index (χ4n) is 1.48. The van der Waals surface area contributed by atoms with Gasteiger partial charge in [0, 0.05) is 11.9 Å². The molecular weight excluding hydrogens is 257 g/mol. The van der Waals surface area contributed by atoms with Crippen LogP contribution in [0.3, 0.4) is 0 Å². The number of hydrogen-bond acceptors (Lipinski definition) is 1. The van der Waals surface area contributed by atoms with Crippen LogP contribution in [-0.2, 0) is 6.54 Å². The molecule has 0 aliphatic rings. The van der Waals surface area contributed by atoms with Gasteiger partial charge in [0.05, 0.1) is 0 Å². The molecule has 0 aliphatic carbocycles. The Hall–Kier alpha value is -0.410. The summed E-state index contributed by atoms with van der Waals surface area (Å²) in [6, 6.07) is 6.75. The van der Waals surface area contributed by atoms with Gasteiger partial charge in [0.25, 0.3) is 0 Å². The van der Waals surface area contributed by atoms with Crippen LogP contribution in [0.5, 0.6) is 0 Å². The molecule has 0 bridgehead atoms. The monoisotopic (exact) mass is 273 g/mol. The average Bonchev–Trinajstić information content (AvgIpc) is 2.27. The van der Waals surface area contributed by atoms with Gasteiger partial charge in [0.15, 0.2) is 0 Å². The Labute approximate surface area is 99.4 Å². The second-order valence-electron chi connectivity index (χ2n) is 3.54. The Kier molecular flexibility index (Phi) is 5.88. The second-order valence-corrected chi connectivity index (χ2v) is 4.33. The molecule has 0 saturated carbocycles. The minimum atomic E-state index is -0.165. The van der Waals surface area contributed by atoms with Crippen molar-refractivity contribution in [3.8, 4) is 0 Å². The van der Waals surface area contributed by atoms with Crippen molar-refractivity contribution in [1.82, 2.24) is 4.90 Å². The lowest BCUT2D eigenvalue weighted by atomic mass is 10.2. The summed E-state index contributed by atoms with van der Waals surface area (Å²) in [5.41, 5.74) is 1.17. The molecule has 0 amide bonds. The maximum Gasteiger partial charge on any atom is 0.123 e. The summed E-state index contributed by atoms with van der Waals surface area (Å²) in [7, 11) is 0. The van der Waals surface area contributed by atoms with Gasteiger partial charge in [-0.15, -0.1) is 0 Å². The molecule has 15 heavy (non-hydrogen) atoms. The smallest absolute Gasteiger partial charge is 0.123 e. The van der Waals surface area contributed by atoms with Crippen molar-refractivity contribution in [2.24, 2.45) is 0 Å². The maximum atomic E-state index is 12.7. The number of benzene rings is 1. The van der Waals surface area contributed by atoms with Gasteiger partial charge >= 0.3 is 0 Å². The normalized spacial score (nSPS) is 10.9. The van der Waals surface area contributed by atoms with Crippen LogP contribution in [0, 0.1) is 5.82 Å². The topological polar surface area (TPSA) is 3.24 Å². The average molecular weight is 274 g/mol. The summed E-state index contributed by atoms with van der Waals surface area (Å²) in [4.78, 5) is 2.36. The number of hydrogen-bond donors (Lipinski definition) is 0. The van der Waals surface area contributed by atoms with Crippen molar-refractivity contribution < 1.29 is 4.39 Å². The Morgan fingerprint density at radius 2 is 1.93 bits per heavy atom. The Balaban J connectivity index is 2.47. The quantitative estimate of drug-likeness (QED) is 0.718. The summed E-state index contributed by atoms with van der Waals surface area (Å²) in [5.74, 6) is -0.165. The standard InChI is InChI=1S/C12H17BrFN/c1-2-15(9-3-8-13)10-11-4-6-12(14)7-5-11/h4-7H,2-3,8-10H2,1H3. The predicted octanol–water partition coefficient (Wildman–Crippen LogP) is 3.43. The predicted molar refractivity (Wildman–Crippen MR) is 65.8 cm³/mol. The maximum absolute atomic E-state index is 12.7. The minimum absolute atomic E-state index is 0.165. The first-order valence-electron chi connectivity index (χ1n) is 5.29. The third kappa shape index (κ3) is 4.76. The zero-order chi connectivity index (χ0) is 11.1. The Bertz CT molecular complexity index is 273. The highest BCUT2D eigenvalue weighted by Crippen LogP contribution is 2.07. The van der Waals surface area contributed by atoms with Gasteiger partial charge in [-0.3, -0.25) is 4.90 Å². The van der Waals surface area contributed by atoms with Gasteiger partial charge in [0.1, 0.15) is 5.82 Å². The molecular formula is C12H17BrFN. The molecule has 0 heterocycles. The highest BCUT2D eigenvalue weighted by atomic mass is 79.9. The van der Waals surface area contributed by atoms with E-state index in [0.717, 1.165) is 31.4 Å². The highest BCUT2D eigenvalue weighted by Gasteiger charge is 2.02. The molecule has 0 fully saturated rings. The van der Waals surface area contributed by atoms with E-state index in [9.17, 15) is 4.39 Å². The van der Waals surface area contributed by atoms with Crippen LogP contribution in [0.25, 0.3) is 0 Å². The summed E-state index contributed by atoms with van der Waals surface area (Å²) in [6.07, 6.45) is 1.15. The fourth-order valence-corrected chi connectivity index (χ4v) is 1.73. The highest BCUT2D eigenvalue weighted by molar-refractivity contribution is 9.09. The van der Waals surface area contributed by atoms with E-state index in [2.05, 4.69) is 27.8 Å². The van der Waals surface area contributed by atoms with Gasteiger partial charge in [-0.05, 0) is 37.2 Å². The Morgan fingerprint density at radius 1 is 1.27 bits per heavy atom. The minimum Gasteiger partial charge on any atom is -0.299 e. The molecule has 1 aromatic rings. The van der Waals surface area contributed by atoms with Gasteiger partial charge < -0.3 is 0 Å². The molecule has 1 nitrogen and oxygen atoms in total. The molecule has 1 rings (SSSR count). The van der Waals surface area contributed by atoms with Gasteiger partial charge in [-0.2, -0.15) is 0 Å². The zero-order valence-electron chi connectivity index (χ0n) is 9.05. The summed E-state index contributed by atoms with van der Waals surface area (Å²) in [5, 5.41) is 1.03. The first kappa shape index (κ1) is 12.7. The molecule has 0 radical (unpaired) electrons. The number of halogens is 2. The second kappa shape index (κ2) is 6.96. The SMILES string of the molecule is CCN(CCCBr)Cc1ccc(F)cc1. The van der Waals surface area contributed by atoms with Crippen LogP contribution in [0.4, 0.5) is 4.39 Å². The number of nitrogens with zero attached hydrogens (tertiary/aromatic N) is 1. The first-order chi connectivity index (χ1) is 7.26. The van der Waals surface area contributed by atoms with Crippen LogP contribution >= 0.6 is 15.9 Å². The largest absolute Gasteiger partial charge is 0.299 e. The zero-order valence-corrected chi connectivity index (χ0v) is 10.6. The lowest BCUT2D eigenvalue weighted by Gasteiger charge is -2.19. The summed E-state index contributed by atoms with van der Waals surface area (Å²) < 4.78 is 12.7. The van der Waals surface area contributed by atoms with E-state index >= 15 is 0 Å². The van der Waals surface area contributed by atoms with Crippen LogP contribution in [0.15, 0.2) is 24.3 Å². The van der Waals surface area contributed by atoms with Crippen molar-refractivity contribution >= 4 is 15.9 Å². The molecule has 0 aromatic heterocycles. The third-order valence-electron chi connectivity index (χ3n) is 2.37. The molecule has 0 atom stereocenters.